The number of aromatic nitrogens is 2. The molecule has 1 aromatic heterocycles. The Hall–Kier alpha value is -2.38. The van der Waals surface area contributed by atoms with Gasteiger partial charge in [-0.25, -0.2) is 4.68 Å². The highest BCUT2D eigenvalue weighted by atomic mass is 35.5. The largest absolute Gasteiger partial charge is 0.342 e. The molecule has 3 heterocycles. The molecule has 1 aromatic carbocycles. The zero-order valence-electron chi connectivity index (χ0n) is 17.2. The Morgan fingerprint density at radius 2 is 1.67 bits per heavy atom. The summed E-state index contributed by atoms with van der Waals surface area (Å²) in [4.78, 5) is 31.5. The van der Waals surface area contributed by atoms with Gasteiger partial charge in [-0.3, -0.25) is 14.5 Å². The molecule has 8 heteroatoms. The van der Waals surface area contributed by atoms with Gasteiger partial charge >= 0.3 is 0 Å². The lowest BCUT2D eigenvalue weighted by Gasteiger charge is -2.35. The zero-order chi connectivity index (χ0) is 20.9. The molecule has 2 aliphatic rings. The molecule has 2 fully saturated rings. The number of hydrogen-bond acceptors (Lipinski definition) is 4. The SMILES string of the molecule is O=C(CN1CCN(C(=O)c2cnn(-c3cccc(Cl)c3)c2)CC1)N1CCCCCC1. The third-order valence-corrected chi connectivity index (χ3v) is 6.11. The summed E-state index contributed by atoms with van der Waals surface area (Å²) in [6, 6.07) is 7.36. The van der Waals surface area contributed by atoms with Crippen LogP contribution in [0.15, 0.2) is 36.7 Å². The Labute approximate surface area is 182 Å². The average molecular weight is 430 g/mol. The van der Waals surface area contributed by atoms with Crippen LogP contribution in [0.5, 0.6) is 0 Å². The summed E-state index contributed by atoms with van der Waals surface area (Å²) in [5, 5.41) is 4.93. The molecule has 0 unspecified atom stereocenters. The minimum atomic E-state index is -0.0261. The van der Waals surface area contributed by atoms with Crippen molar-refractivity contribution in [1.29, 1.82) is 0 Å². The maximum absolute atomic E-state index is 12.9. The summed E-state index contributed by atoms with van der Waals surface area (Å²) >= 11 is 6.05. The van der Waals surface area contributed by atoms with Gasteiger partial charge in [0.2, 0.25) is 5.91 Å². The van der Waals surface area contributed by atoms with Crippen LogP contribution in [-0.4, -0.2) is 82.1 Å². The molecule has 160 valence electrons. The van der Waals surface area contributed by atoms with Gasteiger partial charge in [-0.1, -0.05) is 30.5 Å². The predicted octanol–water partition coefficient (Wildman–Crippen LogP) is 2.69. The van der Waals surface area contributed by atoms with E-state index in [0.29, 0.717) is 43.3 Å². The fourth-order valence-corrected chi connectivity index (χ4v) is 4.28. The van der Waals surface area contributed by atoms with Crippen LogP contribution >= 0.6 is 11.6 Å². The van der Waals surface area contributed by atoms with Crippen molar-refractivity contribution in [3.63, 3.8) is 0 Å². The van der Waals surface area contributed by atoms with Crippen molar-refractivity contribution >= 4 is 23.4 Å². The molecule has 0 saturated carbocycles. The topological polar surface area (TPSA) is 61.7 Å². The molecule has 2 saturated heterocycles. The molecule has 0 atom stereocenters. The second-order valence-electron chi connectivity index (χ2n) is 8.02. The van der Waals surface area contributed by atoms with Crippen LogP contribution in [0.4, 0.5) is 0 Å². The molecule has 2 aromatic rings. The van der Waals surface area contributed by atoms with E-state index in [-0.39, 0.29) is 11.8 Å². The summed E-state index contributed by atoms with van der Waals surface area (Å²) in [5.74, 6) is 0.196. The molecule has 4 rings (SSSR count). The molecule has 0 bridgehead atoms. The maximum atomic E-state index is 12.9. The van der Waals surface area contributed by atoms with Gasteiger partial charge in [-0.05, 0) is 31.0 Å². The quantitative estimate of drug-likeness (QED) is 0.749. The van der Waals surface area contributed by atoms with Gasteiger partial charge < -0.3 is 9.80 Å². The highest BCUT2D eigenvalue weighted by Gasteiger charge is 2.25. The van der Waals surface area contributed by atoms with Gasteiger partial charge in [0.05, 0.1) is 24.0 Å². The summed E-state index contributed by atoms with van der Waals surface area (Å²) in [6.07, 6.45) is 7.99. The van der Waals surface area contributed by atoms with Gasteiger partial charge in [0.15, 0.2) is 0 Å². The van der Waals surface area contributed by atoms with E-state index in [9.17, 15) is 9.59 Å². The fraction of sp³-hybridized carbons (Fsp3) is 0.500. The highest BCUT2D eigenvalue weighted by molar-refractivity contribution is 6.30. The standard InChI is InChI=1S/C22H28ClN5O2/c23-19-6-5-7-20(14-19)28-16-18(15-24-28)22(30)27-12-10-25(11-13-27)17-21(29)26-8-3-1-2-4-9-26/h5-7,14-16H,1-4,8-13,17H2. The molecular formula is C22H28ClN5O2. The fourth-order valence-electron chi connectivity index (χ4n) is 4.10. The predicted molar refractivity (Wildman–Crippen MR) is 116 cm³/mol. The molecule has 2 amide bonds. The van der Waals surface area contributed by atoms with E-state index in [1.807, 2.05) is 28.0 Å². The number of amides is 2. The van der Waals surface area contributed by atoms with Crippen LogP contribution in [0.2, 0.25) is 5.02 Å². The number of likely N-dealkylation sites (tertiary alicyclic amines) is 1. The monoisotopic (exact) mass is 429 g/mol. The van der Waals surface area contributed by atoms with Crippen LogP contribution < -0.4 is 0 Å². The van der Waals surface area contributed by atoms with Crippen molar-refractivity contribution in [3.8, 4) is 5.69 Å². The first-order valence-corrected chi connectivity index (χ1v) is 11.1. The van der Waals surface area contributed by atoms with Crippen LogP contribution in [0, 0.1) is 0 Å². The Morgan fingerprint density at radius 3 is 2.37 bits per heavy atom. The van der Waals surface area contributed by atoms with Gasteiger partial charge in [0.1, 0.15) is 0 Å². The second kappa shape index (κ2) is 9.62. The van der Waals surface area contributed by atoms with Gasteiger partial charge in [0.25, 0.3) is 5.91 Å². The van der Waals surface area contributed by atoms with Crippen LogP contribution in [0.3, 0.4) is 0 Å². The number of hydrogen-bond donors (Lipinski definition) is 0. The summed E-state index contributed by atoms with van der Waals surface area (Å²) in [6.45, 7) is 4.89. The van der Waals surface area contributed by atoms with Crippen molar-refractivity contribution in [1.82, 2.24) is 24.5 Å². The molecular weight excluding hydrogens is 402 g/mol. The van der Waals surface area contributed by atoms with Gasteiger partial charge in [-0.15, -0.1) is 0 Å². The third-order valence-electron chi connectivity index (χ3n) is 5.88. The Kier molecular flexibility index (Phi) is 6.69. The Bertz CT molecular complexity index is 883. The molecule has 0 aliphatic carbocycles. The van der Waals surface area contributed by atoms with Crippen LogP contribution in [-0.2, 0) is 4.79 Å². The molecule has 0 N–H and O–H groups in total. The number of rotatable bonds is 4. The van der Waals surface area contributed by atoms with Gasteiger partial charge in [0, 0.05) is 50.5 Å². The van der Waals surface area contributed by atoms with E-state index < -0.39 is 0 Å². The van der Waals surface area contributed by atoms with E-state index in [1.54, 1.807) is 23.1 Å². The van der Waals surface area contributed by atoms with Gasteiger partial charge in [-0.2, -0.15) is 5.10 Å². The number of benzene rings is 1. The van der Waals surface area contributed by atoms with Crippen LogP contribution in [0.25, 0.3) is 5.69 Å². The first kappa shape index (κ1) is 20.9. The molecule has 30 heavy (non-hydrogen) atoms. The summed E-state index contributed by atoms with van der Waals surface area (Å²) in [7, 11) is 0. The molecule has 7 nitrogen and oxygen atoms in total. The van der Waals surface area contributed by atoms with E-state index >= 15 is 0 Å². The van der Waals surface area contributed by atoms with E-state index in [1.165, 1.54) is 12.8 Å². The first-order valence-electron chi connectivity index (χ1n) is 10.7. The van der Waals surface area contributed by atoms with E-state index in [4.69, 9.17) is 11.6 Å². The van der Waals surface area contributed by atoms with Crippen molar-refractivity contribution in [2.24, 2.45) is 0 Å². The minimum absolute atomic E-state index is 0.0261. The normalized spacial score (nSPS) is 18.3. The molecule has 0 radical (unpaired) electrons. The summed E-state index contributed by atoms with van der Waals surface area (Å²) in [5.41, 5.74) is 1.38. The van der Waals surface area contributed by atoms with Crippen molar-refractivity contribution in [3.05, 3.63) is 47.2 Å². The lowest BCUT2D eigenvalue weighted by atomic mass is 10.2. The average Bonchev–Trinajstić information content (AvgIpc) is 3.09. The number of nitrogens with zero attached hydrogens (tertiary/aromatic N) is 5. The Morgan fingerprint density at radius 1 is 0.933 bits per heavy atom. The lowest BCUT2D eigenvalue weighted by molar-refractivity contribution is -0.132. The zero-order valence-corrected chi connectivity index (χ0v) is 17.9. The molecule has 0 spiro atoms. The Balaban J connectivity index is 1.30. The second-order valence-corrected chi connectivity index (χ2v) is 8.45. The van der Waals surface area contributed by atoms with E-state index in [2.05, 4.69) is 10.00 Å². The first-order chi connectivity index (χ1) is 14.6. The maximum Gasteiger partial charge on any atom is 0.257 e. The molecule has 2 aliphatic heterocycles. The number of piperazine rings is 1. The van der Waals surface area contributed by atoms with Crippen molar-refractivity contribution in [2.45, 2.75) is 25.7 Å². The van der Waals surface area contributed by atoms with E-state index in [0.717, 1.165) is 31.6 Å². The third kappa shape index (κ3) is 5.02. The van der Waals surface area contributed by atoms with Crippen molar-refractivity contribution < 1.29 is 9.59 Å². The highest BCUT2D eigenvalue weighted by Crippen LogP contribution is 2.16. The smallest absolute Gasteiger partial charge is 0.257 e. The lowest BCUT2D eigenvalue weighted by Crippen LogP contribution is -2.51. The summed E-state index contributed by atoms with van der Waals surface area (Å²) < 4.78 is 1.66. The number of halogens is 1. The van der Waals surface area contributed by atoms with Crippen molar-refractivity contribution in [2.75, 3.05) is 45.8 Å². The number of carbonyl (C=O) groups is 2. The van der Waals surface area contributed by atoms with Crippen LogP contribution in [0.1, 0.15) is 36.0 Å². The number of carbonyl (C=O) groups excluding carboxylic acids is 2. The minimum Gasteiger partial charge on any atom is -0.342 e.